The topological polar surface area (TPSA) is 24.9 Å². The summed E-state index contributed by atoms with van der Waals surface area (Å²) >= 11 is 0. The Balaban J connectivity index is 1.20. The highest BCUT2D eigenvalue weighted by Gasteiger charge is 2.10. The van der Waals surface area contributed by atoms with Gasteiger partial charge in [0.15, 0.2) is 0 Å². The van der Waals surface area contributed by atoms with E-state index in [2.05, 4.69) is 58.3 Å². The zero-order valence-corrected chi connectivity index (χ0v) is 18.2. The summed E-state index contributed by atoms with van der Waals surface area (Å²) in [5.41, 5.74) is 2.41. The zero-order valence-electron chi connectivity index (χ0n) is 18.2. The zero-order chi connectivity index (χ0) is 20.4. The summed E-state index contributed by atoms with van der Waals surface area (Å²) in [6, 6.07) is 16.9. The molecule has 2 aliphatic rings. The molecule has 0 saturated carbocycles. The molecule has 0 spiro atoms. The van der Waals surface area contributed by atoms with Gasteiger partial charge < -0.3 is 9.47 Å². The average molecular weight is 409 g/mol. The maximum Gasteiger partial charge on any atom is 0.119 e. The largest absolute Gasteiger partial charge is 0.492 e. The first kappa shape index (κ1) is 21.2. The minimum absolute atomic E-state index is 0.767. The third-order valence-electron chi connectivity index (χ3n) is 6.29. The molecule has 0 atom stereocenters. The van der Waals surface area contributed by atoms with Crippen LogP contribution in [0.5, 0.6) is 11.5 Å². The monoisotopic (exact) mass is 408 g/mol. The lowest BCUT2D eigenvalue weighted by atomic mass is 10.1. The molecule has 4 nitrogen and oxygen atoms in total. The summed E-state index contributed by atoms with van der Waals surface area (Å²) in [6.07, 6.45) is 8.08. The molecule has 2 aromatic carbocycles. The van der Waals surface area contributed by atoms with Crippen LogP contribution in [0.15, 0.2) is 48.5 Å². The third kappa shape index (κ3) is 6.48. The molecule has 0 N–H and O–H groups in total. The second-order valence-electron chi connectivity index (χ2n) is 8.55. The lowest BCUT2D eigenvalue weighted by molar-refractivity contribution is 0.183. The van der Waals surface area contributed by atoms with E-state index in [1.165, 1.54) is 75.8 Å². The van der Waals surface area contributed by atoms with Crippen LogP contribution < -0.4 is 9.47 Å². The van der Waals surface area contributed by atoms with E-state index >= 15 is 0 Å². The molecule has 4 heteroatoms. The van der Waals surface area contributed by atoms with E-state index in [0.717, 1.165) is 37.8 Å². The van der Waals surface area contributed by atoms with Crippen LogP contribution in [-0.4, -0.2) is 62.3 Å². The summed E-state index contributed by atoms with van der Waals surface area (Å²) in [5, 5.41) is 0. The molecular weight excluding hydrogens is 372 g/mol. The highest BCUT2D eigenvalue weighted by molar-refractivity contribution is 5.64. The molecule has 0 aliphatic carbocycles. The van der Waals surface area contributed by atoms with Crippen LogP contribution >= 0.6 is 0 Å². The van der Waals surface area contributed by atoms with Crippen LogP contribution in [0.25, 0.3) is 11.1 Å². The van der Waals surface area contributed by atoms with Crippen LogP contribution in [0.4, 0.5) is 0 Å². The number of ether oxygens (including phenoxy) is 2. The van der Waals surface area contributed by atoms with Gasteiger partial charge in [0.2, 0.25) is 0 Å². The maximum atomic E-state index is 5.95. The highest BCUT2D eigenvalue weighted by atomic mass is 16.5. The van der Waals surface area contributed by atoms with E-state index in [0.29, 0.717) is 0 Å². The van der Waals surface area contributed by atoms with Crippen molar-refractivity contribution in [2.24, 2.45) is 0 Å². The average Bonchev–Trinajstić information content (AvgIpc) is 2.82. The molecule has 30 heavy (non-hydrogen) atoms. The number of hydrogen-bond acceptors (Lipinski definition) is 4. The van der Waals surface area contributed by atoms with Gasteiger partial charge in [-0.05, 0) is 87.3 Å². The van der Waals surface area contributed by atoms with Gasteiger partial charge in [0.05, 0.1) is 0 Å². The van der Waals surface area contributed by atoms with Gasteiger partial charge in [-0.25, -0.2) is 0 Å². The Morgan fingerprint density at radius 1 is 0.500 bits per heavy atom. The molecule has 0 aromatic heterocycles. The van der Waals surface area contributed by atoms with Crippen LogP contribution in [0.3, 0.4) is 0 Å². The quantitative estimate of drug-likeness (QED) is 0.577. The van der Waals surface area contributed by atoms with E-state index in [4.69, 9.17) is 9.47 Å². The predicted octanol–water partition coefficient (Wildman–Crippen LogP) is 5.08. The van der Waals surface area contributed by atoms with Crippen LogP contribution in [0, 0.1) is 0 Å². The fourth-order valence-electron chi connectivity index (χ4n) is 4.44. The van der Waals surface area contributed by atoms with Gasteiger partial charge in [-0.1, -0.05) is 37.1 Å². The molecule has 2 aromatic rings. The third-order valence-corrected chi connectivity index (χ3v) is 6.29. The normalized spacial score (nSPS) is 18.3. The number of likely N-dealkylation sites (tertiary alicyclic amines) is 2. The van der Waals surface area contributed by atoms with Crippen molar-refractivity contribution in [3.63, 3.8) is 0 Å². The van der Waals surface area contributed by atoms with E-state index in [1.807, 2.05) is 0 Å². The summed E-state index contributed by atoms with van der Waals surface area (Å²) in [7, 11) is 0. The van der Waals surface area contributed by atoms with Crippen LogP contribution in [0.2, 0.25) is 0 Å². The van der Waals surface area contributed by atoms with Gasteiger partial charge in [0.25, 0.3) is 0 Å². The second-order valence-corrected chi connectivity index (χ2v) is 8.55. The maximum absolute atomic E-state index is 5.95. The van der Waals surface area contributed by atoms with Crippen molar-refractivity contribution in [3.8, 4) is 22.6 Å². The molecule has 0 bridgehead atoms. The lowest BCUT2D eigenvalue weighted by Crippen LogP contribution is -2.33. The molecular formula is C26H36N2O2. The predicted molar refractivity (Wildman–Crippen MR) is 123 cm³/mol. The van der Waals surface area contributed by atoms with Crippen molar-refractivity contribution in [2.45, 2.75) is 38.5 Å². The Bertz CT molecular complexity index is 667. The van der Waals surface area contributed by atoms with Gasteiger partial charge >= 0.3 is 0 Å². The minimum atomic E-state index is 0.767. The number of benzene rings is 2. The second kappa shape index (κ2) is 11.4. The Morgan fingerprint density at radius 3 is 1.23 bits per heavy atom. The van der Waals surface area contributed by atoms with Gasteiger partial charge in [-0.2, -0.15) is 0 Å². The van der Waals surface area contributed by atoms with E-state index in [1.54, 1.807) is 0 Å². The standard InChI is InChI=1S/C26H36N2O2/c1-3-15-27(16-4-1)19-21-29-25-11-7-23(8-12-25)24-9-13-26(14-10-24)30-22-20-28-17-5-2-6-18-28/h7-14H,1-6,15-22H2. The van der Waals surface area contributed by atoms with E-state index in [-0.39, 0.29) is 0 Å². The smallest absolute Gasteiger partial charge is 0.119 e. The van der Waals surface area contributed by atoms with Crippen molar-refractivity contribution >= 4 is 0 Å². The van der Waals surface area contributed by atoms with Crippen molar-refractivity contribution in [2.75, 3.05) is 52.5 Å². The molecule has 0 unspecified atom stereocenters. The Morgan fingerprint density at radius 2 is 0.867 bits per heavy atom. The van der Waals surface area contributed by atoms with Crippen molar-refractivity contribution < 1.29 is 9.47 Å². The molecule has 2 saturated heterocycles. The van der Waals surface area contributed by atoms with Crippen LogP contribution in [0.1, 0.15) is 38.5 Å². The molecule has 2 heterocycles. The Kier molecular flexibility index (Phi) is 8.04. The molecule has 4 rings (SSSR count). The number of hydrogen-bond donors (Lipinski definition) is 0. The first-order valence-electron chi connectivity index (χ1n) is 11.8. The molecule has 0 amide bonds. The van der Waals surface area contributed by atoms with Gasteiger partial charge in [-0.3, -0.25) is 9.80 Å². The van der Waals surface area contributed by atoms with Gasteiger partial charge in [0.1, 0.15) is 24.7 Å². The molecule has 2 fully saturated rings. The number of piperidine rings is 2. The fraction of sp³-hybridized carbons (Fsp3) is 0.538. The van der Waals surface area contributed by atoms with E-state index in [9.17, 15) is 0 Å². The van der Waals surface area contributed by atoms with Crippen molar-refractivity contribution in [1.82, 2.24) is 9.80 Å². The summed E-state index contributed by atoms with van der Waals surface area (Å²) in [5.74, 6) is 1.90. The Hall–Kier alpha value is -2.04. The van der Waals surface area contributed by atoms with Gasteiger partial charge in [0, 0.05) is 13.1 Å². The SMILES string of the molecule is c1cc(-c2ccc(OCCN3CCCCC3)cc2)ccc1OCCN1CCCCC1. The van der Waals surface area contributed by atoms with Crippen molar-refractivity contribution in [1.29, 1.82) is 0 Å². The van der Waals surface area contributed by atoms with Crippen molar-refractivity contribution in [3.05, 3.63) is 48.5 Å². The van der Waals surface area contributed by atoms with Gasteiger partial charge in [-0.15, -0.1) is 0 Å². The summed E-state index contributed by atoms with van der Waals surface area (Å²) < 4.78 is 11.9. The van der Waals surface area contributed by atoms with Crippen LogP contribution in [-0.2, 0) is 0 Å². The first-order valence-corrected chi connectivity index (χ1v) is 11.8. The summed E-state index contributed by atoms with van der Waals surface area (Å²) in [4.78, 5) is 5.02. The highest BCUT2D eigenvalue weighted by Crippen LogP contribution is 2.25. The fourth-order valence-corrected chi connectivity index (χ4v) is 4.44. The summed E-state index contributed by atoms with van der Waals surface area (Å²) in [6.45, 7) is 8.48. The van der Waals surface area contributed by atoms with E-state index < -0.39 is 0 Å². The number of nitrogens with zero attached hydrogens (tertiary/aromatic N) is 2. The molecule has 162 valence electrons. The number of rotatable bonds is 9. The Labute approximate surface area is 181 Å². The lowest BCUT2D eigenvalue weighted by Gasteiger charge is -2.26. The minimum Gasteiger partial charge on any atom is -0.492 e. The first-order chi connectivity index (χ1) is 14.9. The molecule has 2 aliphatic heterocycles. The molecule has 0 radical (unpaired) electrons.